The molecule has 2 aliphatic rings. The SMILES string of the molecule is CSc1ccc(COCC2CC2C2CCCC(C(C)C(=O)OC(C)(C)C)CC2)nc1. The summed E-state index contributed by atoms with van der Waals surface area (Å²) in [6, 6.07) is 4.17. The Morgan fingerprint density at radius 3 is 2.70 bits per heavy atom. The second-order valence-corrected chi connectivity index (χ2v) is 11.1. The maximum Gasteiger partial charge on any atom is 0.309 e. The molecule has 0 aromatic carbocycles. The number of hydrogen-bond acceptors (Lipinski definition) is 5. The van der Waals surface area contributed by atoms with Gasteiger partial charge in [-0.1, -0.05) is 19.8 Å². The number of hydrogen-bond donors (Lipinski definition) is 0. The molecule has 5 heteroatoms. The summed E-state index contributed by atoms with van der Waals surface area (Å²) < 4.78 is 11.6. The molecule has 0 aliphatic heterocycles. The summed E-state index contributed by atoms with van der Waals surface area (Å²) in [5.41, 5.74) is 0.616. The Balaban J connectivity index is 1.38. The smallest absolute Gasteiger partial charge is 0.309 e. The quantitative estimate of drug-likeness (QED) is 0.280. The average molecular weight is 434 g/mol. The van der Waals surface area contributed by atoms with Crippen LogP contribution in [0.5, 0.6) is 0 Å². The van der Waals surface area contributed by atoms with E-state index in [0.717, 1.165) is 37.0 Å². The summed E-state index contributed by atoms with van der Waals surface area (Å²) in [7, 11) is 0. The standard InChI is InChI=1S/C25H39NO3S/c1-17(24(27)29-25(2,3)4)18-7-6-8-19(10-9-18)23-13-20(23)15-28-16-21-11-12-22(30-5)14-26-21/h11-12,14,17-20,23H,6-10,13,15-16H2,1-5H3. The van der Waals surface area contributed by atoms with Crippen molar-refractivity contribution < 1.29 is 14.3 Å². The molecule has 3 rings (SSSR count). The highest BCUT2D eigenvalue weighted by Gasteiger charge is 2.43. The Labute approximate surface area is 186 Å². The fourth-order valence-electron chi connectivity index (χ4n) is 4.85. The summed E-state index contributed by atoms with van der Waals surface area (Å²) in [6.45, 7) is 9.37. The summed E-state index contributed by atoms with van der Waals surface area (Å²) >= 11 is 1.71. The van der Waals surface area contributed by atoms with Crippen molar-refractivity contribution in [2.75, 3.05) is 12.9 Å². The third-order valence-electron chi connectivity index (χ3n) is 6.74. The van der Waals surface area contributed by atoms with Crippen LogP contribution >= 0.6 is 11.8 Å². The second kappa shape index (κ2) is 10.5. The first-order valence-corrected chi connectivity index (χ1v) is 12.8. The summed E-state index contributed by atoms with van der Waals surface area (Å²) in [6.07, 6.45) is 11.4. The zero-order valence-corrected chi connectivity index (χ0v) is 20.2. The minimum Gasteiger partial charge on any atom is -0.460 e. The van der Waals surface area contributed by atoms with Crippen LogP contribution < -0.4 is 0 Å². The highest BCUT2D eigenvalue weighted by Crippen LogP contribution is 2.50. The fraction of sp³-hybridized carbons (Fsp3) is 0.760. The normalized spacial score (nSPS) is 27.9. The topological polar surface area (TPSA) is 48.4 Å². The van der Waals surface area contributed by atoms with E-state index in [1.54, 1.807) is 11.8 Å². The first-order valence-electron chi connectivity index (χ1n) is 11.6. The van der Waals surface area contributed by atoms with Crippen molar-refractivity contribution in [2.24, 2.45) is 29.6 Å². The molecule has 0 radical (unpaired) electrons. The van der Waals surface area contributed by atoms with Crippen LogP contribution in [0.2, 0.25) is 0 Å². The van der Waals surface area contributed by atoms with Gasteiger partial charge in [-0.25, -0.2) is 0 Å². The van der Waals surface area contributed by atoms with Crippen LogP contribution in [0.4, 0.5) is 0 Å². The summed E-state index contributed by atoms with van der Waals surface area (Å²) in [5.74, 6) is 2.77. The average Bonchev–Trinajstić information content (AvgIpc) is 3.49. The van der Waals surface area contributed by atoms with E-state index in [0.29, 0.717) is 18.4 Å². The molecule has 2 saturated carbocycles. The monoisotopic (exact) mass is 433 g/mol. The number of aromatic nitrogens is 1. The predicted molar refractivity (Wildman–Crippen MR) is 122 cm³/mol. The van der Waals surface area contributed by atoms with E-state index in [4.69, 9.17) is 9.47 Å². The lowest BCUT2D eigenvalue weighted by molar-refractivity contribution is -0.161. The van der Waals surface area contributed by atoms with Crippen LogP contribution in [0.15, 0.2) is 23.2 Å². The third kappa shape index (κ3) is 6.98. The highest BCUT2D eigenvalue weighted by molar-refractivity contribution is 7.98. The van der Waals surface area contributed by atoms with Gasteiger partial charge < -0.3 is 9.47 Å². The summed E-state index contributed by atoms with van der Waals surface area (Å²) in [5, 5.41) is 0. The first-order chi connectivity index (χ1) is 14.3. The third-order valence-corrected chi connectivity index (χ3v) is 7.45. The molecule has 5 unspecified atom stereocenters. The van der Waals surface area contributed by atoms with E-state index >= 15 is 0 Å². The van der Waals surface area contributed by atoms with Crippen LogP contribution in [-0.4, -0.2) is 29.4 Å². The molecule has 2 fully saturated rings. The van der Waals surface area contributed by atoms with Gasteiger partial charge in [0.05, 0.1) is 24.8 Å². The zero-order valence-electron chi connectivity index (χ0n) is 19.4. The number of carbonyl (C=O) groups is 1. The van der Waals surface area contributed by atoms with Crippen molar-refractivity contribution in [2.45, 2.75) is 83.3 Å². The lowest BCUT2D eigenvalue weighted by Crippen LogP contribution is -2.31. The number of esters is 1. The van der Waals surface area contributed by atoms with Gasteiger partial charge in [0, 0.05) is 11.1 Å². The van der Waals surface area contributed by atoms with Crippen LogP contribution in [0.3, 0.4) is 0 Å². The lowest BCUT2D eigenvalue weighted by Gasteiger charge is -2.26. The van der Waals surface area contributed by atoms with Gasteiger partial charge in [0.15, 0.2) is 0 Å². The molecule has 1 heterocycles. The van der Waals surface area contributed by atoms with Gasteiger partial charge >= 0.3 is 5.97 Å². The van der Waals surface area contributed by atoms with Gasteiger partial charge in [-0.05, 0) is 88.5 Å². The van der Waals surface area contributed by atoms with E-state index in [9.17, 15) is 4.79 Å². The van der Waals surface area contributed by atoms with Crippen molar-refractivity contribution in [3.8, 4) is 0 Å². The Kier molecular flexibility index (Phi) is 8.25. The van der Waals surface area contributed by atoms with E-state index in [2.05, 4.69) is 30.3 Å². The minimum atomic E-state index is -0.396. The Morgan fingerprint density at radius 1 is 1.23 bits per heavy atom. The van der Waals surface area contributed by atoms with Crippen LogP contribution in [0.25, 0.3) is 0 Å². The Morgan fingerprint density at radius 2 is 2.03 bits per heavy atom. The number of ether oxygens (including phenoxy) is 2. The molecule has 1 aromatic rings. The van der Waals surface area contributed by atoms with E-state index in [1.165, 1.54) is 30.6 Å². The molecule has 30 heavy (non-hydrogen) atoms. The lowest BCUT2D eigenvalue weighted by atomic mass is 9.86. The molecule has 0 amide bonds. The Hall–Kier alpha value is -1.07. The highest BCUT2D eigenvalue weighted by atomic mass is 32.2. The number of rotatable bonds is 8. The van der Waals surface area contributed by atoms with Crippen molar-refractivity contribution >= 4 is 17.7 Å². The zero-order chi connectivity index (χ0) is 21.7. The molecular formula is C25H39NO3S. The van der Waals surface area contributed by atoms with Gasteiger partial charge in [-0.15, -0.1) is 11.8 Å². The van der Waals surface area contributed by atoms with Gasteiger partial charge in [0.2, 0.25) is 0 Å². The molecule has 0 spiro atoms. The largest absolute Gasteiger partial charge is 0.460 e. The molecule has 168 valence electrons. The van der Waals surface area contributed by atoms with Crippen molar-refractivity contribution in [1.29, 1.82) is 0 Å². The molecule has 0 bridgehead atoms. The van der Waals surface area contributed by atoms with Crippen molar-refractivity contribution in [3.05, 3.63) is 24.0 Å². The number of thioether (sulfide) groups is 1. The van der Waals surface area contributed by atoms with Crippen LogP contribution in [0, 0.1) is 29.6 Å². The molecule has 1 aromatic heterocycles. The van der Waals surface area contributed by atoms with Crippen molar-refractivity contribution in [3.63, 3.8) is 0 Å². The number of pyridine rings is 1. The van der Waals surface area contributed by atoms with Gasteiger partial charge in [0.25, 0.3) is 0 Å². The van der Waals surface area contributed by atoms with E-state index in [-0.39, 0.29) is 11.9 Å². The van der Waals surface area contributed by atoms with Crippen molar-refractivity contribution in [1.82, 2.24) is 4.98 Å². The Bertz CT molecular complexity index is 685. The second-order valence-electron chi connectivity index (χ2n) is 10.2. The molecule has 5 atom stereocenters. The van der Waals surface area contributed by atoms with Crippen LogP contribution in [-0.2, 0) is 20.9 Å². The van der Waals surface area contributed by atoms with Gasteiger partial charge in [-0.2, -0.15) is 0 Å². The molecule has 4 nitrogen and oxygen atoms in total. The van der Waals surface area contributed by atoms with E-state index < -0.39 is 5.60 Å². The molecular weight excluding hydrogens is 394 g/mol. The molecule has 2 aliphatic carbocycles. The molecule has 0 N–H and O–H groups in total. The minimum absolute atomic E-state index is 0.00584. The van der Waals surface area contributed by atoms with Gasteiger partial charge in [-0.3, -0.25) is 9.78 Å². The number of nitrogens with zero attached hydrogens (tertiary/aromatic N) is 1. The van der Waals surface area contributed by atoms with Gasteiger partial charge in [0.1, 0.15) is 5.60 Å². The maximum absolute atomic E-state index is 12.5. The first kappa shape index (κ1) is 23.6. The fourth-order valence-corrected chi connectivity index (χ4v) is 5.21. The summed E-state index contributed by atoms with van der Waals surface area (Å²) in [4.78, 5) is 18.1. The van der Waals surface area contributed by atoms with E-state index in [1.807, 2.05) is 27.0 Å². The maximum atomic E-state index is 12.5. The predicted octanol–water partition coefficient (Wildman–Crippen LogP) is 6.13. The number of carbonyl (C=O) groups excluding carboxylic acids is 1. The van der Waals surface area contributed by atoms with Crippen LogP contribution in [0.1, 0.15) is 71.9 Å². The molecule has 0 saturated heterocycles.